The fourth-order valence-corrected chi connectivity index (χ4v) is 2.88. The maximum absolute atomic E-state index is 5.26. The van der Waals surface area contributed by atoms with Crippen molar-refractivity contribution in [1.82, 2.24) is 5.32 Å². The van der Waals surface area contributed by atoms with Crippen molar-refractivity contribution < 1.29 is 4.74 Å². The van der Waals surface area contributed by atoms with Gasteiger partial charge in [-0.05, 0) is 65.5 Å². The van der Waals surface area contributed by atoms with Gasteiger partial charge in [0.2, 0.25) is 0 Å². The molecule has 0 heterocycles. The zero-order valence-electron chi connectivity index (χ0n) is 12.6. The van der Waals surface area contributed by atoms with Crippen molar-refractivity contribution in [2.75, 3.05) is 13.7 Å². The predicted octanol–water partition coefficient (Wildman–Crippen LogP) is 4.74. The zero-order chi connectivity index (χ0) is 15.1. The molecular weight excluding hydrogens is 326 g/mol. The Bertz CT molecular complexity index is 556. The summed E-state index contributed by atoms with van der Waals surface area (Å²) in [5.41, 5.74) is 2.67. The fraction of sp³-hybridized carbons (Fsp3) is 0.333. The van der Waals surface area contributed by atoms with Crippen LogP contribution in [0.15, 0.2) is 53.0 Å². The van der Waals surface area contributed by atoms with Crippen molar-refractivity contribution >= 4 is 15.9 Å². The first-order chi connectivity index (χ1) is 10.2. The van der Waals surface area contributed by atoms with Crippen LogP contribution in [0.2, 0.25) is 0 Å². The van der Waals surface area contributed by atoms with Crippen LogP contribution in [0.4, 0.5) is 0 Å². The highest BCUT2D eigenvalue weighted by Gasteiger charge is 2.07. The lowest BCUT2D eigenvalue weighted by Gasteiger charge is -2.15. The molecule has 0 aliphatic carbocycles. The first-order valence-electron chi connectivity index (χ1n) is 7.31. The molecule has 2 aromatic carbocycles. The smallest absolute Gasteiger partial charge is 0.133 e. The Morgan fingerprint density at radius 1 is 1.14 bits per heavy atom. The lowest BCUT2D eigenvalue weighted by atomic mass is 10.1. The first kappa shape index (κ1) is 16.1. The van der Waals surface area contributed by atoms with E-state index in [-0.39, 0.29) is 0 Å². The number of hydrogen-bond donors (Lipinski definition) is 1. The van der Waals surface area contributed by atoms with Crippen LogP contribution >= 0.6 is 15.9 Å². The SMILES string of the molecule is COc1ccc(C(C)NCCCc2ccccc2)cc1Br. The minimum atomic E-state index is 0.336. The molecule has 2 rings (SSSR count). The van der Waals surface area contributed by atoms with Crippen molar-refractivity contribution in [2.24, 2.45) is 0 Å². The number of aryl methyl sites for hydroxylation is 1. The minimum Gasteiger partial charge on any atom is -0.496 e. The van der Waals surface area contributed by atoms with Crippen molar-refractivity contribution in [1.29, 1.82) is 0 Å². The molecule has 0 aliphatic rings. The second-order valence-corrected chi connectivity index (χ2v) is 6.01. The van der Waals surface area contributed by atoms with E-state index in [0.29, 0.717) is 6.04 Å². The van der Waals surface area contributed by atoms with E-state index >= 15 is 0 Å². The van der Waals surface area contributed by atoms with Gasteiger partial charge in [-0.1, -0.05) is 36.4 Å². The quantitative estimate of drug-likeness (QED) is 0.730. The molecule has 0 spiro atoms. The Balaban J connectivity index is 1.79. The molecule has 0 aromatic heterocycles. The maximum Gasteiger partial charge on any atom is 0.133 e. The summed E-state index contributed by atoms with van der Waals surface area (Å²) in [6.07, 6.45) is 2.26. The van der Waals surface area contributed by atoms with Gasteiger partial charge in [-0.25, -0.2) is 0 Å². The van der Waals surface area contributed by atoms with E-state index in [1.54, 1.807) is 7.11 Å². The van der Waals surface area contributed by atoms with Crippen LogP contribution in [0.3, 0.4) is 0 Å². The first-order valence-corrected chi connectivity index (χ1v) is 8.10. The summed E-state index contributed by atoms with van der Waals surface area (Å²) in [4.78, 5) is 0. The van der Waals surface area contributed by atoms with E-state index in [2.05, 4.69) is 70.6 Å². The molecular formula is C18H22BrNO. The van der Waals surface area contributed by atoms with Crippen LogP contribution in [0.1, 0.15) is 30.5 Å². The van der Waals surface area contributed by atoms with E-state index in [0.717, 1.165) is 29.6 Å². The molecule has 1 unspecified atom stereocenters. The van der Waals surface area contributed by atoms with Crippen molar-refractivity contribution in [2.45, 2.75) is 25.8 Å². The summed E-state index contributed by atoms with van der Waals surface area (Å²) in [5, 5.41) is 3.57. The van der Waals surface area contributed by atoms with Crippen molar-refractivity contribution in [3.05, 3.63) is 64.1 Å². The molecule has 0 bridgehead atoms. The standard InChI is InChI=1S/C18H22BrNO/c1-14(16-10-11-18(21-2)17(19)13-16)20-12-6-9-15-7-4-3-5-8-15/h3-5,7-8,10-11,13-14,20H,6,9,12H2,1-2H3. The van der Waals surface area contributed by atoms with Crippen LogP contribution in [0.5, 0.6) is 5.75 Å². The third-order valence-corrected chi connectivity index (χ3v) is 4.23. The molecule has 21 heavy (non-hydrogen) atoms. The Hall–Kier alpha value is -1.32. The van der Waals surface area contributed by atoms with E-state index in [1.807, 2.05) is 6.07 Å². The van der Waals surface area contributed by atoms with E-state index < -0.39 is 0 Å². The summed E-state index contributed by atoms with van der Waals surface area (Å²) in [6, 6.07) is 17.2. The summed E-state index contributed by atoms with van der Waals surface area (Å²) in [7, 11) is 1.69. The predicted molar refractivity (Wildman–Crippen MR) is 91.9 cm³/mol. The summed E-state index contributed by atoms with van der Waals surface area (Å²) < 4.78 is 6.26. The number of rotatable bonds is 7. The summed E-state index contributed by atoms with van der Waals surface area (Å²) in [5.74, 6) is 0.870. The van der Waals surface area contributed by atoms with Gasteiger partial charge in [0.1, 0.15) is 5.75 Å². The van der Waals surface area contributed by atoms with Crippen LogP contribution in [0.25, 0.3) is 0 Å². The average molecular weight is 348 g/mol. The molecule has 1 atom stereocenters. The number of benzene rings is 2. The molecule has 3 heteroatoms. The lowest BCUT2D eigenvalue weighted by Crippen LogP contribution is -2.20. The van der Waals surface area contributed by atoms with E-state index in [4.69, 9.17) is 4.74 Å². The Morgan fingerprint density at radius 2 is 1.90 bits per heavy atom. The number of nitrogens with one attached hydrogen (secondary N) is 1. The van der Waals surface area contributed by atoms with Crippen molar-refractivity contribution in [3.63, 3.8) is 0 Å². The van der Waals surface area contributed by atoms with Gasteiger partial charge in [-0.3, -0.25) is 0 Å². The highest BCUT2D eigenvalue weighted by molar-refractivity contribution is 9.10. The van der Waals surface area contributed by atoms with Crippen molar-refractivity contribution in [3.8, 4) is 5.75 Å². The van der Waals surface area contributed by atoms with Gasteiger partial charge in [0.05, 0.1) is 11.6 Å². The normalized spacial score (nSPS) is 12.1. The monoisotopic (exact) mass is 347 g/mol. The van der Waals surface area contributed by atoms with Gasteiger partial charge in [-0.15, -0.1) is 0 Å². The molecule has 0 aliphatic heterocycles. The molecule has 0 radical (unpaired) electrons. The highest BCUT2D eigenvalue weighted by Crippen LogP contribution is 2.27. The number of ether oxygens (including phenoxy) is 1. The number of hydrogen-bond acceptors (Lipinski definition) is 2. The van der Waals surface area contributed by atoms with E-state index in [1.165, 1.54) is 11.1 Å². The molecule has 0 saturated heterocycles. The van der Waals surface area contributed by atoms with E-state index in [9.17, 15) is 0 Å². The van der Waals surface area contributed by atoms with Gasteiger partial charge < -0.3 is 10.1 Å². The molecule has 2 aromatic rings. The van der Waals surface area contributed by atoms with Gasteiger partial charge in [-0.2, -0.15) is 0 Å². The average Bonchev–Trinajstić information content (AvgIpc) is 2.52. The van der Waals surface area contributed by atoms with Crippen LogP contribution < -0.4 is 10.1 Å². The maximum atomic E-state index is 5.26. The van der Waals surface area contributed by atoms with Gasteiger partial charge in [0.25, 0.3) is 0 Å². The lowest BCUT2D eigenvalue weighted by molar-refractivity contribution is 0.411. The topological polar surface area (TPSA) is 21.3 Å². The Labute approximate surface area is 135 Å². The van der Waals surface area contributed by atoms with Gasteiger partial charge >= 0.3 is 0 Å². The zero-order valence-corrected chi connectivity index (χ0v) is 14.2. The van der Waals surface area contributed by atoms with Gasteiger partial charge in [0.15, 0.2) is 0 Å². The molecule has 0 amide bonds. The second-order valence-electron chi connectivity index (χ2n) is 5.16. The molecule has 0 saturated carbocycles. The number of methoxy groups -OCH3 is 1. The molecule has 0 fully saturated rings. The fourth-order valence-electron chi connectivity index (χ4n) is 2.33. The largest absolute Gasteiger partial charge is 0.496 e. The van der Waals surface area contributed by atoms with Crippen LogP contribution in [-0.4, -0.2) is 13.7 Å². The van der Waals surface area contributed by atoms with Crippen LogP contribution in [-0.2, 0) is 6.42 Å². The summed E-state index contributed by atoms with van der Waals surface area (Å²) >= 11 is 3.54. The minimum absolute atomic E-state index is 0.336. The van der Waals surface area contributed by atoms with Gasteiger partial charge in [0, 0.05) is 6.04 Å². The molecule has 2 nitrogen and oxygen atoms in total. The summed E-state index contributed by atoms with van der Waals surface area (Å²) in [6.45, 7) is 3.20. The Morgan fingerprint density at radius 3 is 2.57 bits per heavy atom. The van der Waals surface area contributed by atoms with Crippen LogP contribution in [0, 0.1) is 0 Å². The third kappa shape index (κ3) is 4.87. The molecule has 1 N–H and O–H groups in total. The highest BCUT2D eigenvalue weighted by atomic mass is 79.9. The third-order valence-electron chi connectivity index (χ3n) is 3.61. The Kier molecular flexibility index (Phi) is 6.27. The second kappa shape index (κ2) is 8.20. The molecule has 112 valence electrons. The number of halogens is 1.